The van der Waals surface area contributed by atoms with Crippen molar-refractivity contribution < 1.29 is 4.79 Å². The zero-order valence-electron chi connectivity index (χ0n) is 11.8. The van der Waals surface area contributed by atoms with Crippen LogP contribution in [-0.2, 0) is 0 Å². The standard InChI is InChI=1S/C15H18N4O/c1-10-6-7-17-9-13(10)18-15(20)11-4-5-14(19(2)3)12(16)8-11/h4-9H,16H2,1-3H3,(H,18,20). The zero-order chi connectivity index (χ0) is 14.7. The number of rotatable bonds is 3. The van der Waals surface area contributed by atoms with Gasteiger partial charge in [-0.1, -0.05) is 0 Å². The highest BCUT2D eigenvalue weighted by Gasteiger charge is 2.10. The Morgan fingerprint density at radius 3 is 2.65 bits per heavy atom. The molecule has 0 aliphatic heterocycles. The molecular weight excluding hydrogens is 252 g/mol. The molecule has 0 radical (unpaired) electrons. The summed E-state index contributed by atoms with van der Waals surface area (Å²) in [6, 6.07) is 7.11. The van der Waals surface area contributed by atoms with Gasteiger partial charge in [0.2, 0.25) is 0 Å². The molecule has 1 heterocycles. The third-order valence-electron chi connectivity index (χ3n) is 3.06. The molecule has 5 nitrogen and oxygen atoms in total. The number of nitrogens with zero attached hydrogens (tertiary/aromatic N) is 2. The number of amides is 1. The van der Waals surface area contributed by atoms with Gasteiger partial charge in [0.25, 0.3) is 5.91 Å². The van der Waals surface area contributed by atoms with E-state index in [4.69, 9.17) is 5.73 Å². The average molecular weight is 270 g/mol. The summed E-state index contributed by atoms with van der Waals surface area (Å²) in [6.07, 6.45) is 3.32. The number of nitrogens with two attached hydrogens (primary N) is 1. The van der Waals surface area contributed by atoms with Crippen LogP contribution < -0.4 is 16.0 Å². The summed E-state index contributed by atoms with van der Waals surface area (Å²) in [5.41, 5.74) is 9.60. The molecule has 1 aromatic carbocycles. The summed E-state index contributed by atoms with van der Waals surface area (Å²) in [4.78, 5) is 18.1. The van der Waals surface area contributed by atoms with E-state index in [0.717, 1.165) is 11.3 Å². The van der Waals surface area contributed by atoms with E-state index >= 15 is 0 Å². The Bertz CT molecular complexity index is 638. The molecule has 3 N–H and O–H groups in total. The normalized spacial score (nSPS) is 10.2. The van der Waals surface area contributed by atoms with Gasteiger partial charge in [-0.25, -0.2) is 0 Å². The van der Waals surface area contributed by atoms with Gasteiger partial charge in [-0.05, 0) is 36.8 Å². The van der Waals surface area contributed by atoms with Crippen LogP contribution >= 0.6 is 0 Å². The minimum atomic E-state index is -0.196. The van der Waals surface area contributed by atoms with Crippen molar-refractivity contribution in [2.24, 2.45) is 0 Å². The number of anilines is 3. The maximum atomic E-state index is 12.2. The Morgan fingerprint density at radius 2 is 2.05 bits per heavy atom. The molecule has 20 heavy (non-hydrogen) atoms. The minimum absolute atomic E-state index is 0.196. The number of nitrogen functional groups attached to an aromatic ring is 1. The number of carbonyl (C=O) groups excluding carboxylic acids is 1. The molecule has 5 heteroatoms. The van der Waals surface area contributed by atoms with Gasteiger partial charge < -0.3 is 16.0 Å². The fourth-order valence-electron chi connectivity index (χ4n) is 1.89. The summed E-state index contributed by atoms with van der Waals surface area (Å²) >= 11 is 0. The van der Waals surface area contributed by atoms with Crippen LogP contribution in [0.5, 0.6) is 0 Å². The lowest BCUT2D eigenvalue weighted by Gasteiger charge is -2.16. The maximum Gasteiger partial charge on any atom is 0.255 e. The lowest BCUT2D eigenvalue weighted by atomic mass is 10.1. The number of hydrogen-bond donors (Lipinski definition) is 2. The van der Waals surface area contributed by atoms with Crippen molar-refractivity contribution in [3.8, 4) is 0 Å². The first-order valence-electron chi connectivity index (χ1n) is 6.28. The molecule has 0 spiro atoms. The molecule has 0 aliphatic rings. The predicted molar refractivity (Wildman–Crippen MR) is 82.1 cm³/mol. The lowest BCUT2D eigenvalue weighted by molar-refractivity contribution is 0.102. The van der Waals surface area contributed by atoms with Crippen molar-refractivity contribution >= 4 is 23.0 Å². The Balaban J connectivity index is 2.22. The first kappa shape index (κ1) is 13.9. The Labute approximate surface area is 118 Å². The summed E-state index contributed by atoms with van der Waals surface area (Å²) in [6.45, 7) is 1.92. The molecule has 2 rings (SSSR count). The van der Waals surface area contributed by atoms with Crippen molar-refractivity contribution in [2.45, 2.75) is 6.92 Å². The van der Waals surface area contributed by atoms with E-state index in [0.29, 0.717) is 16.9 Å². The van der Waals surface area contributed by atoms with E-state index in [-0.39, 0.29) is 5.91 Å². The van der Waals surface area contributed by atoms with Gasteiger partial charge in [0.1, 0.15) is 0 Å². The van der Waals surface area contributed by atoms with Crippen molar-refractivity contribution in [3.05, 3.63) is 47.8 Å². The average Bonchev–Trinajstić information content (AvgIpc) is 2.40. The highest BCUT2D eigenvalue weighted by molar-refractivity contribution is 6.05. The van der Waals surface area contributed by atoms with Crippen LogP contribution in [0, 0.1) is 6.92 Å². The molecule has 0 saturated heterocycles. The number of benzene rings is 1. The Morgan fingerprint density at radius 1 is 1.30 bits per heavy atom. The van der Waals surface area contributed by atoms with Crippen LogP contribution in [0.3, 0.4) is 0 Å². The third kappa shape index (κ3) is 2.88. The predicted octanol–water partition coefficient (Wildman–Crippen LogP) is 2.29. The van der Waals surface area contributed by atoms with Crippen LogP contribution in [0.15, 0.2) is 36.7 Å². The number of pyridine rings is 1. The van der Waals surface area contributed by atoms with Gasteiger partial charge in [-0.2, -0.15) is 0 Å². The van der Waals surface area contributed by atoms with Crippen molar-refractivity contribution in [3.63, 3.8) is 0 Å². The van der Waals surface area contributed by atoms with Crippen LogP contribution in [-0.4, -0.2) is 25.0 Å². The topological polar surface area (TPSA) is 71.2 Å². The number of nitrogens with one attached hydrogen (secondary N) is 1. The molecule has 0 bridgehead atoms. The Kier molecular flexibility index (Phi) is 3.89. The molecule has 0 aliphatic carbocycles. The van der Waals surface area contributed by atoms with Crippen LogP contribution in [0.1, 0.15) is 15.9 Å². The summed E-state index contributed by atoms with van der Waals surface area (Å²) < 4.78 is 0. The molecular formula is C15H18N4O. The van der Waals surface area contributed by atoms with Crippen LogP contribution in [0.2, 0.25) is 0 Å². The summed E-state index contributed by atoms with van der Waals surface area (Å²) in [5.74, 6) is -0.196. The first-order valence-corrected chi connectivity index (χ1v) is 6.28. The molecule has 1 aromatic heterocycles. The van der Waals surface area contributed by atoms with Gasteiger partial charge in [0.15, 0.2) is 0 Å². The van der Waals surface area contributed by atoms with Crippen LogP contribution in [0.4, 0.5) is 17.1 Å². The second-order valence-electron chi connectivity index (χ2n) is 4.81. The summed E-state index contributed by atoms with van der Waals surface area (Å²) in [7, 11) is 3.81. The van der Waals surface area contributed by atoms with Crippen molar-refractivity contribution in [1.29, 1.82) is 0 Å². The second-order valence-corrected chi connectivity index (χ2v) is 4.81. The molecule has 0 unspecified atom stereocenters. The van der Waals surface area contributed by atoms with Crippen LogP contribution in [0.25, 0.3) is 0 Å². The zero-order valence-corrected chi connectivity index (χ0v) is 11.8. The smallest absolute Gasteiger partial charge is 0.255 e. The molecule has 0 atom stereocenters. The summed E-state index contributed by atoms with van der Waals surface area (Å²) in [5, 5.41) is 2.83. The van der Waals surface area contributed by atoms with Gasteiger partial charge in [-0.15, -0.1) is 0 Å². The monoisotopic (exact) mass is 270 g/mol. The van der Waals surface area contributed by atoms with Crippen molar-refractivity contribution in [1.82, 2.24) is 4.98 Å². The molecule has 0 saturated carbocycles. The fourth-order valence-corrected chi connectivity index (χ4v) is 1.89. The van der Waals surface area contributed by atoms with E-state index < -0.39 is 0 Å². The van der Waals surface area contributed by atoms with E-state index in [1.807, 2.05) is 38.1 Å². The molecule has 0 fully saturated rings. The first-order chi connectivity index (χ1) is 9.49. The molecule has 2 aromatic rings. The van der Waals surface area contributed by atoms with Gasteiger partial charge in [-0.3, -0.25) is 9.78 Å². The van der Waals surface area contributed by atoms with Gasteiger partial charge >= 0.3 is 0 Å². The second kappa shape index (κ2) is 5.61. The van der Waals surface area contributed by atoms with E-state index in [1.165, 1.54) is 0 Å². The van der Waals surface area contributed by atoms with Gasteiger partial charge in [0.05, 0.1) is 23.3 Å². The molecule has 1 amide bonds. The SMILES string of the molecule is Cc1ccncc1NC(=O)c1ccc(N(C)C)c(N)c1. The maximum absolute atomic E-state index is 12.2. The third-order valence-corrected chi connectivity index (χ3v) is 3.06. The largest absolute Gasteiger partial charge is 0.397 e. The minimum Gasteiger partial charge on any atom is -0.397 e. The van der Waals surface area contributed by atoms with E-state index in [2.05, 4.69) is 10.3 Å². The highest BCUT2D eigenvalue weighted by atomic mass is 16.1. The number of aryl methyl sites for hydroxylation is 1. The van der Waals surface area contributed by atoms with Crippen molar-refractivity contribution in [2.75, 3.05) is 30.0 Å². The number of hydrogen-bond acceptors (Lipinski definition) is 4. The highest BCUT2D eigenvalue weighted by Crippen LogP contribution is 2.23. The van der Waals surface area contributed by atoms with Gasteiger partial charge in [0, 0.05) is 25.9 Å². The Hall–Kier alpha value is -2.56. The van der Waals surface area contributed by atoms with E-state index in [1.54, 1.807) is 24.5 Å². The number of carbonyl (C=O) groups is 1. The fraction of sp³-hybridized carbons (Fsp3) is 0.200. The quantitative estimate of drug-likeness (QED) is 0.839. The number of aromatic nitrogens is 1. The lowest BCUT2D eigenvalue weighted by Crippen LogP contribution is -2.15. The molecule has 104 valence electrons. The van der Waals surface area contributed by atoms with E-state index in [9.17, 15) is 4.79 Å².